The molecule has 1 aliphatic rings. The number of phenolic OH excluding ortho intramolecular Hbond substituents is 1. The molecule has 0 amide bonds. The van der Waals surface area contributed by atoms with Crippen LogP contribution < -0.4 is 10.1 Å². The molecule has 1 heterocycles. The van der Waals surface area contributed by atoms with Crippen LogP contribution in [0.5, 0.6) is 11.5 Å². The molecule has 0 radical (unpaired) electrons. The van der Waals surface area contributed by atoms with Gasteiger partial charge in [-0.1, -0.05) is 13.0 Å². The number of phenols is 1. The van der Waals surface area contributed by atoms with Crippen molar-refractivity contribution in [1.82, 2.24) is 10.2 Å². The van der Waals surface area contributed by atoms with Crippen LogP contribution in [0.15, 0.2) is 12.1 Å². The van der Waals surface area contributed by atoms with Crippen LogP contribution in [0.4, 0.5) is 0 Å². The Hall–Kier alpha value is -1.26. The van der Waals surface area contributed by atoms with E-state index in [9.17, 15) is 5.11 Å². The van der Waals surface area contributed by atoms with E-state index in [1.165, 1.54) is 5.56 Å². The molecule has 2 N–H and O–H groups in total. The quantitative estimate of drug-likeness (QED) is 0.847. The fraction of sp³-hybridized carbons (Fsp3) is 0.571. The van der Waals surface area contributed by atoms with Gasteiger partial charge < -0.3 is 15.2 Å². The molecule has 0 atom stereocenters. The van der Waals surface area contributed by atoms with Gasteiger partial charge in [0.15, 0.2) is 11.5 Å². The van der Waals surface area contributed by atoms with Crippen molar-refractivity contribution in [2.75, 3.05) is 33.3 Å². The Balaban J connectivity index is 2.23. The lowest BCUT2D eigenvalue weighted by molar-refractivity contribution is 0.229. The lowest BCUT2D eigenvalue weighted by Crippen LogP contribution is -2.43. The molecule has 0 aliphatic carbocycles. The van der Waals surface area contributed by atoms with Crippen LogP contribution in [0.3, 0.4) is 0 Å². The summed E-state index contributed by atoms with van der Waals surface area (Å²) in [6, 6.07) is 3.89. The van der Waals surface area contributed by atoms with Crippen LogP contribution in [-0.4, -0.2) is 43.3 Å². The zero-order valence-corrected chi connectivity index (χ0v) is 11.2. The summed E-state index contributed by atoms with van der Waals surface area (Å²) in [5.41, 5.74) is 2.21. The summed E-state index contributed by atoms with van der Waals surface area (Å²) in [4.78, 5) is 2.37. The molecular formula is C14H22N2O2. The summed E-state index contributed by atoms with van der Waals surface area (Å²) in [6.07, 6.45) is 0.930. The highest BCUT2D eigenvalue weighted by Crippen LogP contribution is 2.33. The molecule has 2 rings (SSSR count). The molecule has 4 heteroatoms. The Morgan fingerprint density at radius 3 is 2.67 bits per heavy atom. The smallest absolute Gasteiger partial charge is 0.162 e. The Morgan fingerprint density at radius 1 is 1.33 bits per heavy atom. The first-order valence-electron chi connectivity index (χ1n) is 6.57. The Morgan fingerprint density at radius 2 is 2.06 bits per heavy atom. The van der Waals surface area contributed by atoms with Gasteiger partial charge in [-0.25, -0.2) is 0 Å². The third-order valence-corrected chi connectivity index (χ3v) is 3.53. The summed E-state index contributed by atoms with van der Waals surface area (Å²) in [5.74, 6) is 0.868. The normalized spacial score (nSPS) is 16.8. The van der Waals surface area contributed by atoms with Gasteiger partial charge in [-0.15, -0.1) is 0 Å². The van der Waals surface area contributed by atoms with Crippen LogP contribution in [0.25, 0.3) is 0 Å². The molecule has 1 aromatic carbocycles. The van der Waals surface area contributed by atoms with Crippen LogP contribution in [-0.2, 0) is 13.0 Å². The molecule has 1 aromatic rings. The van der Waals surface area contributed by atoms with E-state index in [1.807, 2.05) is 6.07 Å². The van der Waals surface area contributed by atoms with Crippen molar-refractivity contribution < 1.29 is 9.84 Å². The number of piperazine rings is 1. The van der Waals surface area contributed by atoms with Crippen molar-refractivity contribution in [2.24, 2.45) is 0 Å². The second-order valence-electron chi connectivity index (χ2n) is 4.63. The van der Waals surface area contributed by atoms with Crippen molar-refractivity contribution in [2.45, 2.75) is 19.9 Å². The van der Waals surface area contributed by atoms with Gasteiger partial charge in [0.1, 0.15) is 0 Å². The van der Waals surface area contributed by atoms with E-state index >= 15 is 0 Å². The van der Waals surface area contributed by atoms with Crippen molar-refractivity contribution >= 4 is 0 Å². The number of rotatable bonds is 4. The molecule has 1 saturated heterocycles. The number of aryl methyl sites for hydroxylation is 1. The summed E-state index contributed by atoms with van der Waals surface area (Å²) >= 11 is 0. The molecule has 0 saturated carbocycles. The number of nitrogens with one attached hydrogen (secondary N) is 1. The monoisotopic (exact) mass is 250 g/mol. The Labute approximate surface area is 109 Å². The first kappa shape index (κ1) is 13.2. The van der Waals surface area contributed by atoms with Gasteiger partial charge in [0.2, 0.25) is 0 Å². The van der Waals surface area contributed by atoms with Gasteiger partial charge in [-0.2, -0.15) is 0 Å². The average molecular weight is 250 g/mol. The zero-order valence-electron chi connectivity index (χ0n) is 11.2. The van der Waals surface area contributed by atoms with Gasteiger partial charge in [0.25, 0.3) is 0 Å². The number of benzene rings is 1. The standard InChI is InChI=1S/C14H22N2O2/c1-3-11-4-5-13(18-2)14(17)12(11)10-16-8-6-15-7-9-16/h4-5,15,17H,3,6-10H2,1-2H3. The maximum Gasteiger partial charge on any atom is 0.162 e. The zero-order chi connectivity index (χ0) is 13.0. The Bertz CT molecular complexity index is 401. The van der Waals surface area contributed by atoms with Gasteiger partial charge in [-0.3, -0.25) is 4.90 Å². The molecule has 1 aliphatic heterocycles. The van der Waals surface area contributed by atoms with Crippen LogP contribution in [0.1, 0.15) is 18.1 Å². The molecule has 18 heavy (non-hydrogen) atoms. The van der Waals surface area contributed by atoms with E-state index in [2.05, 4.69) is 23.2 Å². The predicted octanol–water partition coefficient (Wildman–Crippen LogP) is 1.37. The van der Waals surface area contributed by atoms with E-state index in [-0.39, 0.29) is 0 Å². The average Bonchev–Trinajstić information content (AvgIpc) is 2.42. The highest BCUT2D eigenvalue weighted by atomic mass is 16.5. The summed E-state index contributed by atoms with van der Waals surface area (Å²) in [6.45, 7) is 7.01. The lowest BCUT2D eigenvalue weighted by atomic mass is 10.0. The number of hydrogen-bond donors (Lipinski definition) is 2. The van der Waals surface area contributed by atoms with Crippen LogP contribution in [0, 0.1) is 0 Å². The number of hydrogen-bond acceptors (Lipinski definition) is 4. The van der Waals surface area contributed by atoms with Gasteiger partial charge in [-0.05, 0) is 18.1 Å². The third kappa shape index (κ3) is 2.76. The maximum atomic E-state index is 10.3. The molecular weight excluding hydrogens is 228 g/mol. The highest BCUT2D eigenvalue weighted by molar-refractivity contribution is 5.49. The summed E-state index contributed by atoms with van der Waals surface area (Å²) < 4.78 is 5.19. The maximum absolute atomic E-state index is 10.3. The van der Waals surface area contributed by atoms with Crippen LogP contribution in [0.2, 0.25) is 0 Å². The van der Waals surface area contributed by atoms with Crippen molar-refractivity contribution in [1.29, 1.82) is 0 Å². The van der Waals surface area contributed by atoms with E-state index in [1.54, 1.807) is 7.11 Å². The second-order valence-corrected chi connectivity index (χ2v) is 4.63. The number of ether oxygens (including phenoxy) is 1. The number of aromatic hydroxyl groups is 1. The first-order chi connectivity index (χ1) is 8.76. The summed E-state index contributed by atoms with van der Waals surface area (Å²) in [5, 5.41) is 13.6. The lowest BCUT2D eigenvalue weighted by Gasteiger charge is -2.28. The minimum Gasteiger partial charge on any atom is -0.504 e. The molecule has 0 spiro atoms. The SMILES string of the molecule is CCc1ccc(OC)c(O)c1CN1CCNCC1. The minimum atomic E-state index is 0.301. The van der Waals surface area contributed by atoms with E-state index in [0.29, 0.717) is 11.5 Å². The van der Waals surface area contributed by atoms with Crippen LogP contribution >= 0.6 is 0 Å². The topological polar surface area (TPSA) is 44.7 Å². The first-order valence-corrected chi connectivity index (χ1v) is 6.57. The van der Waals surface area contributed by atoms with Crippen molar-refractivity contribution in [3.8, 4) is 11.5 Å². The second kappa shape index (κ2) is 6.07. The third-order valence-electron chi connectivity index (χ3n) is 3.53. The fourth-order valence-electron chi connectivity index (χ4n) is 2.42. The largest absolute Gasteiger partial charge is 0.504 e. The number of nitrogens with zero attached hydrogens (tertiary/aromatic N) is 1. The molecule has 100 valence electrons. The summed E-state index contributed by atoms with van der Waals surface area (Å²) in [7, 11) is 1.59. The minimum absolute atomic E-state index is 0.301. The molecule has 0 bridgehead atoms. The van der Waals surface area contributed by atoms with Crippen molar-refractivity contribution in [3.05, 3.63) is 23.3 Å². The van der Waals surface area contributed by atoms with E-state index in [4.69, 9.17) is 4.74 Å². The molecule has 4 nitrogen and oxygen atoms in total. The fourth-order valence-corrected chi connectivity index (χ4v) is 2.42. The number of methoxy groups -OCH3 is 1. The molecule has 1 fully saturated rings. The van der Waals surface area contributed by atoms with E-state index < -0.39 is 0 Å². The molecule has 0 unspecified atom stereocenters. The Kier molecular flexibility index (Phi) is 4.44. The van der Waals surface area contributed by atoms with Gasteiger partial charge in [0.05, 0.1) is 7.11 Å². The predicted molar refractivity (Wildman–Crippen MR) is 72.2 cm³/mol. The van der Waals surface area contributed by atoms with Gasteiger partial charge in [0, 0.05) is 38.3 Å². The van der Waals surface area contributed by atoms with Crippen molar-refractivity contribution in [3.63, 3.8) is 0 Å². The molecule has 0 aromatic heterocycles. The van der Waals surface area contributed by atoms with E-state index in [0.717, 1.165) is 44.7 Å². The van der Waals surface area contributed by atoms with Gasteiger partial charge >= 0.3 is 0 Å². The highest BCUT2D eigenvalue weighted by Gasteiger charge is 2.17.